The second-order valence-corrected chi connectivity index (χ2v) is 6.08. The summed E-state index contributed by atoms with van der Waals surface area (Å²) in [4.78, 5) is 28.2. The van der Waals surface area contributed by atoms with E-state index in [0.29, 0.717) is 25.9 Å². The molecular weight excluding hydrogens is 286 g/mol. The van der Waals surface area contributed by atoms with Crippen LogP contribution in [0.1, 0.15) is 12.2 Å². The van der Waals surface area contributed by atoms with Crippen LogP contribution in [0.2, 0.25) is 0 Å². The summed E-state index contributed by atoms with van der Waals surface area (Å²) in [7, 11) is 3.79. The minimum atomic E-state index is -0.240. The van der Waals surface area contributed by atoms with Gasteiger partial charge < -0.3 is 15.1 Å². The Kier molecular flexibility index (Phi) is 4.06. The van der Waals surface area contributed by atoms with Crippen LogP contribution in [0.25, 0.3) is 0 Å². The normalized spacial score (nSPS) is 22.9. The minimum Gasteiger partial charge on any atom is -0.355 e. The molecule has 0 saturated carbocycles. The highest BCUT2D eigenvalue weighted by Gasteiger charge is 2.41. The van der Waals surface area contributed by atoms with Crippen molar-refractivity contribution in [1.29, 1.82) is 0 Å². The number of nitrogens with zero attached hydrogens (tertiary/aromatic N) is 6. The number of rotatable bonds is 5. The van der Waals surface area contributed by atoms with Crippen LogP contribution < -0.4 is 5.32 Å². The summed E-state index contributed by atoms with van der Waals surface area (Å²) in [6.07, 6.45) is 0.893. The van der Waals surface area contributed by atoms with Gasteiger partial charge in [0.1, 0.15) is 0 Å². The van der Waals surface area contributed by atoms with Crippen LogP contribution in [0.5, 0.6) is 0 Å². The Bertz CT molecular complexity index is 566. The fourth-order valence-electron chi connectivity index (χ4n) is 3.02. The van der Waals surface area contributed by atoms with Gasteiger partial charge in [-0.25, -0.2) is 4.68 Å². The lowest BCUT2D eigenvalue weighted by Gasteiger charge is -2.42. The predicted molar refractivity (Wildman–Crippen MR) is 76.6 cm³/mol. The van der Waals surface area contributed by atoms with Gasteiger partial charge in [-0.3, -0.25) is 9.59 Å². The zero-order valence-corrected chi connectivity index (χ0v) is 12.9. The highest BCUT2D eigenvalue weighted by Crippen LogP contribution is 2.24. The molecule has 120 valence electrons. The van der Waals surface area contributed by atoms with Gasteiger partial charge in [0.25, 0.3) is 0 Å². The lowest BCUT2D eigenvalue weighted by atomic mass is 10.1. The molecule has 9 nitrogen and oxygen atoms in total. The summed E-state index contributed by atoms with van der Waals surface area (Å²) in [6, 6.07) is 0.278. The monoisotopic (exact) mass is 307 g/mol. The van der Waals surface area contributed by atoms with Crippen molar-refractivity contribution in [3.8, 4) is 0 Å². The summed E-state index contributed by atoms with van der Waals surface area (Å²) in [5.74, 6) is 0.521. The van der Waals surface area contributed by atoms with Crippen molar-refractivity contribution in [3.63, 3.8) is 0 Å². The Morgan fingerprint density at radius 3 is 2.73 bits per heavy atom. The number of carbonyl (C=O) groups is 2. The Balaban J connectivity index is 1.45. The Morgan fingerprint density at radius 1 is 1.32 bits per heavy atom. The van der Waals surface area contributed by atoms with E-state index < -0.39 is 0 Å². The maximum Gasteiger partial charge on any atom is 0.225 e. The van der Waals surface area contributed by atoms with Gasteiger partial charge in [-0.05, 0) is 17.5 Å². The molecule has 1 atom stereocenters. The molecule has 0 bridgehead atoms. The molecule has 3 heterocycles. The van der Waals surface area contributed by atoms with E-state index in [1.54, 1.807) is 11.7 Å². The van der Waals surface area contributed by atoms with Gasteiger partial charge in [0.15, 0.2) is 5.82 Å². The number of carbonyl (C=O) groups excluding carboxylic acids is 2. The molecule has 2 aliphatic heterocycles. The number of likely N-dealkylation sites (N-methyl/N-ethyl adjacent to an activating group) is 1. The molecule has 2 fully saturated rings. The molecule has 3 rings (SSSR count). The molecule has 1 unspecified atom stereocenters. The van der Waals surface area contributed by atoms with Gasteiger partial charge in [0, 0.05) is 46.1 Å². The summed E-state index contributed by atoms with van der Waals surface area (Å²) < 4.78 is 1.58. The maximum atomic E-state index is 12.2. The average Bonchev–Trinajstić information content (AvgIpc) is 3.02. The summed E-state index contributed by atoms with van der Waals surface area (Å²) in [6.45, 7) is 2.82. The fourth-order valence-corrected chi connectivity index (χ4v) is 3.02. The van der Waals surface area contributed by atoms with Crippen molar-refractivity contribution in [3.05, 3.63) is 5.82 Å². The first-order valence-electron chi connectivity index (χ1n) is 7.51. The first-order valence-corrected chi connectivity index (χ1v) is 7.51. The largest absolute Gasteiger partial charge is 0.355 e. The number of aromatic nitrogens is 4. The molecule has 2 aliphatic rings. The lowest BCUT2D eigenvalue weighted by Crippen LogP contribution is -2.58. The third-order valence-electron chi connectivity index (χ3n) is 4.37. The number of amides is 2. The standard InChI is InChI=1S/C13H21N7O2/c1-18-7-10(8-18)20-6-9(5-12(20)21)13(22)14-4-3-11-15-16-17-19(11)2/h9-10H,3-8H2,1-2H3,(H,14,22). The predicted octanol–water partition coefficient (Wildman–Crippen LogP) is -1.97. The molecule has 0 aliphatic carbocycles. The summed E-state index contributed by atoms with van der Waals surface area (Å²) >= 11 is 0. The second kappa shape index (κ2) is 5.99. The van der Waals surface area contributed by atoms with Crippen molar-refractivity contribution in [2.24, 2.45) is 13.0 Å². The van der Waals surface area contributed by atoms with E-state index in [4.69, 9.17) is 0 Å². The Labute approximate surface area is 128 Å². The van der Waals surface area contributed by atoms with Crippen molar-refractivity contribution >= 4 is 11.8 Å². The zero-order valence-electron chi connectivity index (χ0n) is 12.9. The molecule has 2 saturated heterocycles. The third kappa shape index (κ3) is 2.94. The van der Waals surface area contributed by atoms with Crippen LogP contribution in [-0.2, 0) is 23.1 Å². The number of nitrogens with one attached hydrogen (secondary N) is 1. The van der Waals surface area contributed by atoms with Crippen LogP contribution in [-0.4, -0.2) is 81.1 Å². The number of aryl methyl sites for hydroxylation is 1. The average molecular weight is 307 g/mol. The summed E-state index contributed by atoms with van der Waals surface area (Å²) in [5, 5.41) is 14.0. The zero-order chi connectivity index (χ0) is 15.7. The smallest absolute Gasteiger partial charge is 0.225 e. The van der Waals surface area contributed by atoms with Crippen LogP contribution in [0, 0.1) is 5.92 Å². The van der Waals surface area contributed by atoms with Crippen molar-refractivity contribution < 1.29 is 9.59 Å². The highest BCUT2D eigenvalue weighted by molar-refractivity contribution is 5.89. The number of hydrogen-bond acceptors (Lipinski definition) is 6. The third-order valence-corrected chi connectivity index (χ3v) is 4.37. The van der Waals surface area contributed by atoms with Crippen LogP contribution in [0.15, 0.2) is 0 Å². The molecule has 2 amide bonds. The van der Waals surface area contributed by atoms with Crippen LogP contribution in [0.4, 0.5) is 0 Å². The first-order chi connectivity index (χ1) is 10.5. The van der Waals surface area contributed by atoms with Crippen molar-refractivity contribution in [2.75, 3.05) is 33.2 Å². The minimum absolute atomic E-state index is 0.0568. The van der Waals surface area contributed by atoms with E-state index >= 15 is 0 Å². The Morgan fingerprint density at radius 2 is 2.09 bits per heavy atom. The molecule has 1 aromatic heterocycles. The van der Waals surface area contributed by atoms with Gasteiger partial charge in [-0.1, -0.05) is 0 Å². The Hall–Kier alpha value is -2.03. The number of tetrazole rings is 1. The molecule has 0 radical (unpaired) electrons. The van der Waals surface area contributed by atoms with E-state index in [0.717, 1.165) is 18.9 Å². The van der Waals surface area contributed by atoms with Gasteiger partial charge in [-0.15, -0.1) is 5.10 Å². The molecule has 0 spiro atoms. The first kappa shape index (κ1) is 14.9. The summed E-state index contributed by atoms with van der Waals surface area (Å²) in [5.41, 5.74) is 0. The number of hydrogen-bond donors (Lipinski definition) is 1. The van der Waals surface area contributed by atoms with Crippen LogP contribution >= 0.6 is 0 Å². The molecule has 9 heteroatoms. The van der Waals surface area contributed by atoms with Gasteiger partial charge in [0.05, 0.1) is 12.0 Å². The van der Waals surface area contributed by atoms with Gasteiger partial charge in [0.2, 0.25) is 11.8 Å². The highest BCUT2D eigenvalue weighted by atomic mass is 16.2. The quantitative estimate of drug-likeness (QED) is 0.678. The van der Waals surface area contributed by atoms with E-state index in [1.807, 2.05) is 11.9 Å². The van der Waals surface area contributed by atoms with Gasteiger partial charge >= 0.3 is 0 Å². The van der Waals surface area contributed by atoms with Gasteiger partial charge in [-0.2, -0.15) is 0 Å². The van der Waals surface area contributed by atoms with Crippen LogP contribution in [0.3, 0.4) is 0 Å². The second-order valence-electron chi connectivity index (χ2n) is 6.08. The van der Waals surface area contributed by atoms with E-state index in [1.165, 1.54) is 0 Å². The van der Waals surface area contributed by atoms with Crippen molar-refractivity contribution in [1.82, 2.24) is 35.3 Å². The van der Waals surface area contributed by atoms with E-state index in [9.17, 15) is 9.59 Å². The number of likely N-dealkylation sites (tertiary alicyclic amines) is 2. The molecular formula is C13H21N7O2. The topological polar surface area (TPSA) is 96.2 Å². The van der Waals surface area contributed by atoms with Crippen molar-refractivity contribution in [2.45, 2.75) is 18.9 Å². The SMILES string of the molecule is CN1CC(N2CC(C(=O)NCCc3nnnn3C)CC2=O)C1. The van der Waals surface area contributed by atoms with E-state index in [-0.39, 0.29) is 23.8 Å². The molecule has 1 N–H and O–H groups in total. The lowest BCUT2D eigenvalue weighted by molar-refractivity contribution is -0.132. The molecule has 1 aromatic rings. The molecule has 22 heavy (non-hydrogen) atoms. The van der Waals surface area contributed by atoms with E-state index in [2.05, 4.69) is 25.7 Å². The fraction of sp³-hybridized carbons (Fsp3) is 0.769. The molecule has 0 aromatic carbocycles. The maximum absolute atomic E-state index is 12.2.